The average Bonchev–Trinajstić information content (AvgIpc) is 2.28. The van der Waals surface area contributed by atoms with Gasteiger partial charge < -0.3 is 10.1 Å². The smallest absolute Gasteiger partial charge is 0.251 e. The average molecular weight is 203 g/mol. The van der Waals surface area contributed by atoms with Crippen LogP contribution in [0.1, 0.15) is 21.5 Å². The van der Waals surface area contributed by atoms with Crippen LogP contribution in [-0.4, -0.2) is 19.6 Å². The van der Waals surface area contributed by atoms with E-state index in [9.17, 15) is 4.79 Å². The fourth-order valence-corrected chi connectivity index (χ4v) is 1.84. The number of hydrogen-bond acceptors (Lipinski definition) is 2. The standard InChI is InChI=1S/C12H13NO2/c1-8(15-2)9-4-3-5-11-10(9)6-7-13-12(11)14/h3-5H,1,6-7H2,2H3,(H,13,14). The predicted octanol–water partition coefficient (Wildman–Crippen LogP) is 1.59. The molecule has 0 saturated carbocycles. The molecule has 1 amide bonds. The van der Waals surface area contributed by atoms with E-state index in [1.165, 1.54) is 0 Å². The third-order valence-electron chi connectivity index (χ3n) is 2.63. The molecule has 0 fully saturated rings. The van der Waals surface area contributed by atoms with Crippen molar-refractivity contribution in [3.05, 3.63) is 41.5 Å². The Labute approximate surface area is 88.8 Å². The third kappa shape index (κ3) is 1.61. The summed E-state index contributed by atoms with van der Waals surface area (Å²) in [7, 11) is 1.59. The van der Waals surface area contributed by atoms with Gasteiger partial charge in [0, 0.05) is 17.7 Å². The van der Waals surface area contributed by atoms with E-state index in [0.29, 0.717) is 12.3 Å². The van der Waals surface area contributed by atoms with Crippen LogP contribution < -0.4 is 5.32 Å². The van der Waals surface area contributed by atoms with E-state index in [1.807, 2.05) is 18.2 Å². The molecule has 15 heavy (non-hydrogen) atoms. The summed E-state index contributed by atoms with van der Waals surface area (Å²) in [6, 6.07) is 5.61. The third-order valence-corrected chi connectivity index (χ3v) is 2.63. The van der Waals surface area contributed by atoms with Gasteiger partial charge in [-0.1, -0.05) is 18.7 Å². The first-order valence-corrected chi connectivity index (χ1v) is 4.87. The quantitative estimate of drug-likeness (QED) is 0.741. The minimum absolute atomic E-state index is 0.0120. The van der Waals surface area contributed by atoms with Crippen LogP contribution in [0.5, 0.6) is 0 Å². The van der Waals surface area contributed by atoms with Crippen LogP contribution in [0.2, 0.25) is 0 Å². The van der Waals surface area contributed by atoms with Gasteiger partial charge >= 0.3 is 0 Å². The molecule has 78 valence electrons. The first kappa shape index (κ1) is 9.77. The van der Waals surface area contributed by atoms with Crippen molar-refractivity contribution in [1.29, 1.82) is 0 Å². The van der Waals surface area contributed by atoms with E-state index >= 15 is 0 Å². The summed E-state index contributed by atoms with van der Waals surface area (Å²) in [5.41, 5.74) is 2.70. The summed E-state index contributed by atoms with van der Waals surface area (Å²) in [4.78, 5) is 11.6. The number of fused-ring (bicyclic) bond motifs is 1. The zero-order valence-electron chi connectivity index (χ0n) is 8.67. The number of rotatable bonds is 2. The fourth-order valence-electron chi connectivity index (χ4n) is 1.84. The highest BCUT2D eigenvalue weighted by Crippen LogP contribution is 2.24. The summed E-state index contributed by atoms with van der Waals surface area (Å²) >= 11 is 0. The molecule has 0 aliphatic carbocycles. The van der Waals surface area contributed by atoms with Gasteiger partial charge in [-0.3, -0.25) is 4.79 Å². The molecule has 1 aliphatic rings. The number of carbonyl (C=O) groups is 1. The van der Waals surface area contributed by atoms with Gasteiger partial charge in [0.15, 0.2) is 0 Å². The normalized spacial score (nSPS) is 14.1. The van der Waals surface area contributed by atoms with Gasteiger partial charge in [-0.2, -0.15) is 0 Å². The Morgan fingerprint density at radius 1 is 1.53 bits per heavy atom. The molecule has 2 rings (SSSR count). The highest BCUT2D eigenvalue weighted by molar-refractivity contribution is 5.97. The van der Waals surface area contributed by atoms with Gasteiger partial charge in [0.05, 0.1) is 7.11 Å². The summed E-state index contributed by atoms with van der Waals surface area (Å²) in [5, 5.41) is 2.81. The Bertz CT molecular complexity index is 424. The summed E-state index contributed by atoms with van der Waals surface area (Å²) in [5.74, 6) is 0.601. The Balaban J connectivity index is 2.54. The Morgan fingerprint density at radius 2 is 2.33 bits per heavy atom. The molecule has 1 aromatic carbocycles. The highest BCUT2D eigenvalue weighted by Gasteiger charge is 2.19. The lowest BCUT2D eigenvalue weighted by Gasteiger charge is -2.19. The summed E-state index contributed by atoms with van der Waals surface area (Å²) in [6.07, 6.45) is 0.833. The van der Waals surface area contributed by atoms with E-state index in [2.05, 4.69) is 11.9 Å². The molecule has 1 heterocycles. The Hall–Kier alpha value is -1.77. The number of nitrogens with one attached hydrogen (secondary N) is 1. The first-order valence-electron chi connectivity index (χ1n) is 4.87. The molecule has 3 nitrogen and oxygen atoms in total. The topological polar surface area (TPSA) is 38.3 Å². The molecular formula is C12H13NO2. The fraction of sp³-hybridized carbons (Fsp3) is 0.250. The van der Waals surface area contributed by atoms with Crippen molar-refractivity contribution in [3.63, 3.8) is 0 Å². The van der Waals surface area contributed by atoms with Crippen molar-refractivity contribution >= 4 is 11.7 Å². The number of benzene rings is 1. The molecule has 0 spiro atoms. The number of amides is 1. The molecular weight excluding hydrogens is 190 g/mol. The predicted molar refractivity (Wildman–Crippen MR) is 58.5 cm³/mol. The molecule has 0 bridgehead atoms. The number of hydrogen-bond donors (Lipinski definition) is 1. The highest BCUT2D eigenvalue weighted by atomic mass is 16.5. The van der Waals surface area contributed by atoms with Crippen molar-refractivity contribution in [1.82, 2.24) is 5.32 Å². The van der Waals surface area contributed by atoms with Gasteiger partial charge in [0.25, 0.3) is 5.91 Å². The molecule has 1 aromatic rings. The summed E-state index contributed by atoms with van der Waals surface area (Å²) in [6.45, 7) is 4.50. The van der Waals surface area contributed by atoms with E-state index in [4.69, 9.17) is 4.74 Å². The lowest BCUT2D eigenvalue weighted by molar-refractivity contribution is 0.0946. The molecule has 0 unspecified atom stereocenters. The molecule has 0 saturated heterocycles. The van der Waals surface area contributed by atoms with E-state index in [1.54, 1.807) is 7.11 Å². The van der Waals surface area contributed by atoms with Gasteiger partial charge in [-0.15, -0.1) is 0 Å². The van der Waals surface area contributed by atoms with Crippen molar-refractivity contribution in [2.45, 2.75) is 6.42 Å². The summed E-state index contributed by atoms with van der Waals surface area (Å²) < 4.78 is 5.11. The van der Waals surface area contributed by atoms with Crippen LogP contribution in [0.3, 0.4) is 0 Å². The first-order chi connectivity index (χ1) is 7.24. The number of ether oxygens (including phenoxy) is 1. The van der Waals surface area contributed by atoms with Gasteiger partial charge in [0.1, 0.15) is 5.76 Å². The van der Waals surface area contributed by atoms with Crippen LogP contribution in [0, 0.1) is 0 Å². The molecule has 0 radical (unpaired) electrons. The maximum Gasteiger partial charge on any atom is 0.251 e. The largest absolute Gasteiger partial charge is 0.497 e. The second-order valence-electron chi connectivity index (χ2n) is 3.46. The van der Waals surface area contributed by atoms with Crippen molar-refractivity contribution in [2.75, 3.05) is 13.7 Å². The molecule has 1 aliphatic heterocycles. The van der Waals surface area contributed by atoms with E-state index in [-0.39, 0.29) is 5.91 Å². The van der Waals surface area contributed by atoms with Gasteiger partial charge in [-0.05, 0) is 18.1 Å². The van der Waals surface area contributed by atoms with Crippen molar-refractivity contribution in [2.24, 2.45) is 0 Å². The van der Waals surface area contributed by atoms with Crippen LogP contribution in [-0.2, 0) is 11.2 Å². The monoisotopic (exact) mass is 203 g/mol. The van der Waals surface area contributed by atoms with Gasteiger partial charge in [0.2, 0.25) is 0 Å². The second-order valence-corrected chi connectivity index (χ2v) is 3.46. The maximum atomic E-state index is 11.6. The molecule has 1 N–H and O–H groups in total. The maximum absolute atomic E-state index is 11.6. The SMILES string of the molecule is C=C(OC)c1cccc2c1CCNC2=O. The second kappa shape index (κ2) is 3.77. The minimum Gasteiger partial charge on any atom is -0.497 e. The molecule has 0 atom stereocenters. The van der Waals surface area contributed by atoms with Crippen molar-refractivity contribution < 1.29 is 9.53 Å². The van der Waals surface area contributed by atoms with Gasteiger partial charge in [-0.25, -0.2) is 0 Å². The van der Waals surface area contributed by atoms with Crippen LogP contribution in [0.15, 0.2) is 24.8 Å². The minimum atomic E-state index is -0.0120. The van der Waals surface area contributed by atoms with Crippen molar-refractivity contribution in [3.8, 4) is 0 Å². The zero-order valence-corrected chi connectivity index (χ0v) is 8.67. The lowest BCUT2D eigenvalue weighted by atomic mass is 9.94. The Kier molecular flexibility index (Phi) is 2.46. The van der Waals surface area contributed by atoms with Crippen LogP contribution in [0.25, 0.3) is 5.76 Å². The Morgan fingerprint density at radius 3 is 3.07 bits per heavy atom. The zero-order chi connectivity index (χ0) is 10.8. The molecule has 0 aromatic heterocycles. The van der Waals surface area contributed by atoms with Crippen LogP contribution >= 0.6 is 0 Å². The lowest BCUT2D eigenvalue weighted by Crippen LogP contribution is -2.32. The number of carbonyl (C=O) groups excluding carboxylic acids is 1. The van der Waals surface area contributed by atoms with E-state index < -0.39 is 0 Å². The van der Waals surface area contributed by atoms with E-state index in [0.717, 1.165) is 23.1 Å². The number of methoxy groups -OCH3 is 1. The van der Waals surface area contributed by atoms with Crippen LogP contribution in [0.4, 0.5) is 0 Å². The molecule has 3 heteroatoms.